The smallest absolute Gasteiger partial charge is 0.251 e. The molecular formula is C18H31O3PS. The molecule has 0 saturated heterocycles. The maximum atomic E-state index is 11.9. The maximum Gasteiger partial charge on any atom is 0.299 e. The fourth-order valence-corrected chi connectivity index (χ4v) is 3.96. The third kappa shape index (κ3) is 8.28. The summed E-state index contributed by atoms with van der Waals surface area (Å²) < 4.78 is 28.3. The van der Waals surface area contributed by atoms with Gasteiger partial charge in [-0.05, 0) is 24.5 Å². The number of benzene rings is 1. The normalized spacial score (nSPS) is 11.7. The van der Waals surface area contributed by atoms with Gasteiger partial charge in [0, 0.05) is 9.47 Å². The summed E-state index contributed by atoms with van der Waals surface area (Å²) in [4.78, 5) is 0.297. The molecule has 1 aromatic rings. The van der Waals surface area contributed by atoms with E-state index in [0.717, 1.165) is 24.8 Å². The molecule has 0 amide bonds. The Morgan fingerprint density at radius 3 is 1.96 bits per heavy atom. The highest BCUT2D eigenvalue weighted by Gasteiger charge is 2.16. The van der Waals surface area contributed by atoms with E-state index in [2.05, 4.69) is 10.9 Å². The van der Waals surface area contributed by atoms with E-state index in [1.807, 2.05) is 21.6 Å². The van der Waals surface area contributed by atoms with Gasteiger partial charge in [0.05, 0.1) is 4.90 Å². The number of aryl methyl sites for hydroxylation is 1. The lowest BCUT2D eigenvalue weighted by molar-refractivity contribution is 0.515. The Hall–Kier alpha value is -0.440. The molecule has 0 fully saturated rings. The Labute approximate surface area is 144 Å². The molecule has 0 N–H and O–H groups in total. The van der Waals surface area contributed by atoms with Crippen LogP contribution in [0.15, 0.2) is 29.2 Å². The van der Waals surface area contributed by atoms with Crippen molar-refractivity contribution in [2.75, 3.05) is 0 Å². The molecule has 1 atom stereocenters. The molecule has 1 aromatic carbocycles. The molecule has 3 nitrogen and oxygen atoms in total. The molecule has 0 aliphatic carbocycles. The van der Waals surface area contributed by atoms with Crippen LogP contribution >= 0.6 is 9.47 Å². The van der Waals surface area contributed by atoms with Gasteiger partial charge in [0.2, 0.25) is 0 Å². The van der Waals surface area contributed by atoms with Crippen molar-refractivity contribution in [2.24, 2.45) is 0 Å². The van der Waals surface area contributed by atoms with E-state index in [1.54, 1.807) is 12.1 Å². The largest absolute Gasteiger partial charge is 0.299 e. The minimum absolute atomic E-state index is 0.297. The summed E-state index contributed by atoms with van der Waals surface area (Å²) in [6, 6.07) is 7.11. The first-order chi connectivity index (χ1) is 11.1. The lowest BCUT2D eigenvalue weighted by atomic mass is 10.0. The van der Waals surface area contributed by atoms with E-state index in [0.29, 0.717) is 4.90 Å². The van der Waals surface area contributed by atoms with Gasteiger partial charge in [-0.15, -0.1) is 0 Å². The van der Waals surface area contributed by atoms with Crippen LogP contribution in [0.1, 0.15) is 76.7 Å². The first kappa shape index (κ1) is 20.6. The van der Waals surface area contributed by atoms with E-state index in [1.165, 1.54) is 51.4 Å². The zero-order valence-corrected chi connectivity index (χ0v) is 16.3. The fraction of sp³-hybridized carbons (Fsp3) is 0.667. The standard InChI is InChI=1S/C18H31O3PS/c1-2-3-4-5-6-7-8-9-10-11-14-17-15-12-13-16-18(17)23(19,20)21-22/h12-13,15-16H,2-11,14,22H2,1H3. The Morgan fingerprint density at radius 2 is 1.39 bits per heavy atom. The van der Waals surface area contributed by atoms with Crippen molar-refractivity contribution in [1.29, 1.82) is 0 Å². The Balaban J connectivity index is 2.22. The predicted molar refractivity (Wildman–Crippen MR) is 100.0 cm³/mol. The fourth-order valence-electron chi connectivity index (χ4n) is 2.81. The lowest BCUT2D eigenvalue weighted by Gasteiger charge is -2.08. The highest BCUT2D eigenvalue weighted by atomic mass is 32.2. The number of rotatable bonds is 13. The first-order valence-electron chi connectivity index (χ1n) is 8.83. The zero-order chi connectivity index (χ0) is 17.0. The molecule has 5 heteroatoms. The highest BCUT2D eigenvalue weighted by molar-refractivity contribution is 7.88. The second-order valence-electron chi connectivity index (χ2n) is 6.09. The van der Waals surface area contributed by atoms with Crippen molar-refractivity contribution in [1.82, 2.24) is 0 Å². The molecule has 0 radical (unpaired) electrons. The first-order valence-corrected chi connectivity index (χ1v) is 10.7. The summed E-state index contributed by atoms with van der Waals surface area (Å²) in [6.45, 7) is 2.24. The van der Waals surface area contributed by atoms with Crippen molar-refractivity contribution in [2.45, 2.75) is 82.4 Å². The molecular weight excluding hydrogens is 327 g/mol. The van der Waals surface area contributed by atoms with Crippen LogP contribution in [0.2, 0.25) is 0 Å². The van der Waals surface area contributed by atoms with Gasteiger partial charge in [-0.1, -0.05) is 82.9 Å². The van der Waals surface area contributed by atoms with Crippen LogP contribution in [-0.4, -0.2) is 8.42 Å². The maximum absolute atomic E-state index is 11.9. The Kier molecular flexibility index (Phi) is 10.7. The molecule has 23 heavy (non-hydrogen) atoms. The molecule has 1 unspecified atom stereocenters. The summed E-state index contributed by atoms with van der Waals surface area (Å²) >= 11 is 0. The molecule has 0 spiro atoms. The Morgan fingerprint density at radius 1 is 0.870 bits per heavy atom. The van der Waals surface area contributed by atoms with E-state index in [9.17, 15) is 8.42 Å². The van der Waals surface area contributed by atoms with Gasteiger partial charge in [0.25, 0.3) is 10.1 Å². The monoisotopic (exact) mass is 358 g/mol. The molecule has 0 aliphatic rings. The van der Waals surface area contributed by atoms with Crippen LogP contribution < -0.4 is 0 Å². The predicted octanol–water partition coefficient (Wildman–Crippen LogP) is 5.65. The van der Waals surface area contributed by atoms with Crippen LogP contribution in [0, 0.1) is 0 Å². The second kappa shape index (κ2) is 12.0. The third-order valence-electron chi connectivity index (χ3n) is 4.17. The topological polar surface area (TPSA) is 43.4 Å². The van der Waals surface area contributed by atoms with Gasteiger partial charge in [0.15, 0.2) is 0 Å². The van der Waals surface area contributed by atoms with Gasteiger partial charge in [-0.2, -0.15) is 8.42 Å². The quantitative estimate of drug-likeness (QED) is 0.338. The van der Waals surface area contributed by atoms with Gasteiger partial charge >= 0.3 is 0 Å². The van der Waals surface area contributed by atoms with Gasteiger partial charge < -0.3 is 0 Å². The molecule has 0 aliphatic heterocycles. The van der Waals surface area contributed by atoms with Crippen molar-refractivity contribution >= 4 is 19.6 Å². The van der Waals surface area contributed by atoms with Gasteiger partial charge in [0.1, 0.15) is 0 Å². The number of hydrogen-bond donors (Lipinski definition) is 0. The number of unbranched alkanes of at least 4 members (excludes halogenated alkanes) is 9. The van der Waals surface area contributed by atoms with Crippen molar-refractivity contribution < 1.29 is 12.4 Å². The lowest BCUT2D eigenvalue weighted by Crippen LogP contribution is -2.04. The van der Waals surface area contributed by atoms with Gasteiger partial charge in [-0.25, -0.2) is 0 Å². The van der Waals surface area contributed by atoms with Crippen LogP contribution in [0.25, 0.3) is 0 Å². The van der Waals surface area contributed by atoms with Gasteiger partial charge in [-0.3, -0.25) is 3.97 Å². The van der Waals surface area contributed by atoms with Crippen LogP contribution in [-0.2, 0) is 20.5 Å². The van der Waals surface area contributed by atoms with Crippen molar-refractivity contribution in [3.8, 4) is 0 Å². The summed E-state index contributed by atoms with van der Waals surface area (Å²) in [7, 11) is -1.80. The average Bonchev–Trinajstić information content (AvgIpc) is 2.57. The van der Waals surface area contributed by atoms with E-state index in [-0.39, 0.29) is 0 Å². The van der Waals surface area contributed by atoms with Crippen molar-refractivity contribution in [3.63, 3.8) is 0 Å². The second-order valence-corrected chi connectivity index (χ2v) is 8.21. The van der Waals surface area contributed by atoms with Crippen molar-refractivity contribution in [3.05, 3.63) is 29.8 Å². The summed E-state index contributed by atoms with van der Waals surface area (Å²) in [5.41, 5.74) is 0.856. The average molecular weight is 358 g/mol. The molecule has 0 aromatic heterocycles. The minimum atomic E-state index is -3.63. The summed E-state index contributed by atoms with van der Waals surface area (Å²) in [6.07, 6.45) is 13.6. The molecule has 0 heterocycles. The highest BCUT2D eigenvalue weighted by Crippen LogP contribution is 2.22. The van der Waals surface area contributed by atoms with Crippen LogP contribution in [0.3, 0.4) is 0 Å². The molecule has 132 valence electrons. The van der Waals surface area contributed by atoms with Crippen LogP contribution in [0.4, 0.5) is 0 Å². The molecule has 0 saturated carbocycles. The molecule has 1 rings (SSSR count). The van der Waals surface area contributed by atoms with Crippen LogP contribution in [0.5, 0.6) is 0 Å². The molecule has 0 bridgehead atoms. The Bertz CT molecular complexity index is 529. The summed E-state index contributed by atoms with van der Waals surface area (Å²) in [5.74, 6) is 0. The SMILES string of the molecule is CCCCCCCCCCCCc1ccccc1S(=O)(=O)OP. The summed E-state index contributed by atoms with van der Waals surface area (Å²) in [5, 5.41) is 0. The van der Waals surface area contributed by atoms with E-state index in [4.69, 9.17) is 0 Å². The zero-order valence-electron chi connectivity index (χ0n) is 14.3. The third-order valence-corrected chi connectivity index (χ3v) is 6.12. The minimum Gasteiger partial charge on any atom is -0.251 e. The van der Waals surface area contributed by atoms with E-state index >= 15 is 0 Å². The van der Waals surface area contributed by atoms with E-state index < -0.39 is 10.1 Å². The number of hydrogen-bond acceptors (Lipinski definition) is 3.